The Morgan fingerprint density at radius 1 is 1.24 bits per heavy atom. The van der Waals surface area contributed by atoms with Crippen molar-refractivity contribution in [3.63, 3.8) is 0 Å². The van der Waals surface area contributed by atoms with E-state index < -0.39 is 5.60 Å². The summed E-state index contributed by atoms with van der Waals surface area (Å²) < 4.78 is 17.2. The summed E-state index contributed by atoms with van der Waals surface area (Å²) in [6, 6.07) is 1.77. The minimum absolute atomic E-state index is 0.0205. The van der Waals surface area contributed by atoms with E-state index in [9.17, 15) is 4.79 Å². The highest BCUT2D eigenvalue weighted by Crippen LogP contribution is 2.54. The van der Waals surface area contributed by atoms with Crippen LogP contribution in [0.1, 0.15) is 33.6 Å². The van der Waals surface area contributed by atoms with Gasteiger partial charge >= 0.3 is 6.09 Å². The monoisotopic (exact) mass is 401 g/mol. The van der Waals surface area contributed by atoms with Crippen LogP contribution in [0, 0.1) is 11.8 Å². The predicted octanol–water partition coefficient (Wildman–Crippen LogP) is 2.74. The Balaban J connectivity index is 1.49. The standard InChI is InChI=1S/C20H27N5O4/c1-20(2,3)29-19(26)23-12-6-14(11-5-10(11)12)28-16-9-22-8-15(27-4)18(16)13-7-17(21)25-24-13/h7-12,14H,5-6H2,1-4H3,(H,23,26)(H3,21,24,25)/t10-,11+,12-,14-/m0/s1. The molecule has 29 heavy (non-hydrogen) atoms. The molecular weight excluding hydrogens is 374 g/mol. The van der Waals surface area contributed by atoms with Gasteiger partial charge in [-0.15, -0.1) is 0 Å². The predicted molar refractivity (Wildman–Crippen MR) is 107 cm³/mol. The number of carbonyl (C=O) groups is 1. The van der Waals surface area contributed by atoms with Gasteiger partial charge < -0.3 is 25.3 Å². The lowest BCUT2D eigenvalue weighted by molar-refractivity contribution is 0.0494. The number of alkyl carbamates (subject to hydrolysis) is 1. The van der Waals surface area contributed by atoms with Gasteiger partial charge in [-0.2, -0.15) is 5.10 Å². The number of rotatable bonds is 5. The molecule has 9 heteroatoms. The molecule has 2 saturated carbocycles. The van der Waals surface area contributed by atoms with Crippen LogP contribution in [0.25, 0.3) is 11.3 Å². The van der Waals surface area contributed by atoms with Crippen molar-refractivity contribution < 1.29 is 19.0 Å². The molecule has 2 fully saturated rings. The molecular formula is C20H27N5O4. The van der Waals surface area contributed by atoms with Crippen LogP contribution in [0.2, 0.25) is 0 Å². The van der Waals surface area contributed by atoms with Crippen LogP contribution in [0.15, 0.2) is 18.5 Å². The topological polar surface area (TPSA) is 124 Å². The van der Waals surface area contributed by atoms with Gasteiger partial charge in [-0.1, -0.05) is 0 Å². The average molecular weight is 401 g/mol. The van der Waals surface area contributed by atoms with Gasteiger partial charge in [0.1, 0.15) is 23.3 Å². The molecule has 2 aromatic rings. The van der Waals surface area contributed by atoms with Crippen LogP contribution in [0.5, 0.6) is 11.5 Å². The van der Waals surface area contributed by atoms with Gasteiger partial charge in [0, 0.05) is 24.4 Å². The number of hydrogen-bond acceptors (Lipinski definition) is 7. The van der Waals surface area contributed by atoms with E-state index >= 15 is 0 Å². The summed E-state index contributed by atoms with van der Waals surface area (Å²) in [6.07, 6.45) is 4.63. The summed E-state index contributed by atoms with van der Waals surface area (Å²) in [5.41, 5.74) is 6.68. The first-order valence-electron chi connectivity index (χ1n) is 9.74. The molecule has 0 aromatic carbocycles. The smallest absolute Gasteiger partial charge is 0.407 e. The van der Waals surface area contributed by atoms with E-state index in [4.69, 9.17) is 19.9 Å². The number of nitrogens with zero attached hydrogens (tertiary/aromatic N) is 2. The number of H-pyrrole nitrogens is 1. The Morgan fingerprint density at radius 3 is 2.66 bits per heavy atom. The van der Waals surface area contributed by atoms with Crippen molar-refractivity contribution in [1.82, 2.24) is 20.5 Å². The number of hydrogen-bond donors (Lipinski definition) is 3. The summed E-state index contributed by atoms with van der Waals surface area (Å²) in [7, 11) is 1.58. The van der Waals surface area contributed by atoms with Gasteiger partial charge in [0.15, 0.2) is 5.75 Å². The number of methoxy groups -OCH3 is 1. The lowest BCUT2D eigenvalue weighted by atomic mass is 10.1. The van der Waals surface area contributed by atoms with Gasteiger partial charge in [0.05, 0.1) is 30.8 Å². The third kappa shape index (κ3) is 4.08. The number of nitrogens with two attached hydrogens (primary N) is 1. The first-order chi connectivity index (χ1) is 13.7. The molecule has 0 radical (unpaired) electrons. The Kier molecular flexibility index (Phi) is 4.76. The first-order valence-corrected chi connectivity index (χ1v) is 9.74. The van der Waals surface area contributed by atoms with Crippen LogP contribution in [-0.2, 0) is 4.74 Å². The van der Waals surface area contributed by atoms with Crippen molar-refractivity contribution in [1.29, 1.82) is 0 Å². The molecule has 4 atom stereocenters. The maximum absolute atomic E-state index is 12.1. The molecule has 0 saturated heterocycles. The number of pyridine rings is 1. The molecule has 2 aliphatic carbocycles. The number of anilines is 1. The first kappa shape index (κ1) is 19.4. The number of aromatic amines is 1. The van der Waals surface area contributed by atoms with Crippen LogP contribution in [0.4, 0.5) is 10.6 Å². The summed E-state index contributed by atoms with van der Waals surface area (Å²) in [5, 5.41) is 9.90. The molecule has 2 aliphatic rings. The Hall–Kier alpha value is -2.97. The molecule has 0 spiro atoms. The second kappa shape index (κ2) is 7.13. The molecule has 156 valence electrons. The van der Waals surface area contributed by atoms with E-state index in [0.717, 1.165) is 18.4 Å². The van der Waals surface area contributed by atoms with E-state index in [2.05, 4.69) is 20.5 Å². The van der Waals surface area contributed by atoms with Crippen molar-refractivity contribution >= 4 is 11.9 Å². The largest absolute Gasteiger partial charge is 0.494 e. The third-order valence-electron chi connectivity index (χ3n) is 5.32. The van der Waals surface area contributed by atoms with Gasteiger partial charge in [-0.25, -0.2) is 4.79 Å². The minimum Gasteiger partial charge on any atom is -0.494 e. The molecule has 1 amide bonds. The second-order valence-corrected chi connectivity index (χ2v) is 8.63. The maximum atomic E-state index is 12.1. The molecule has 4 rings (SSSR count). The van der Waals surface area contributed by atoms with E-state index in [0.29, 0.717) is 34.8 Å². The summed E-state index contributed by atoms with van der Waals surface area (Å²) >= 11 is 0. The summed E-state index contributed by atoms with van der Waals surface area (Å²) in [6.45, 7) is 5.56. The molecule has 2 aromatic heterocycles. The van der Waals surface area contributed by atoms with E-state index in [1.165, 1.54) is 0 Å². The van der Waals surface area contributed by atoms with E-state index in [1.807, 2.05) is 20.8 Å². The minimum atomic E-state index is -0.519. The fraction of sp³-hybridized carbons (Fsp3) is 0.550. The zero-order valence-electron chi connectivity index (χ0n) is 17.1. The number of aromatic nitrogens is 3. The quantitative estimate of drug-likeness (QED) is 0.703. The van der Waals surface area contributed by atoms with Gasteiger partial charge in [-0.05, 0) is 33.1 Å². The molecule has 9 nitrogen and oxygen atoms in total. The van der Waals surface area contributed by atoms with Crippen LogP contribution >= 0.6 is 0 Å². The molecule has 2 heterocycles. The highest BCUT2D eigenvalue weighted by Gasteiger charge is 2.56. The van der Waals surface area contributed by atoms with Crippen molar-refractivity contribution in [2.75, 3.05) is 12.8 Å². The number of nitrogen functional groups attached to an aromatic ring is 1. The fourth-order valence-corrected chi connectivity index (χ4v) is 4.05. The van der Waals surface area contributed by atoms with Crippen molar-refractivity contribution in [2.45, 2.75) is 51.4 Å². The number of ether oxygens (including phenoxy) is 3. The number of carbonyl (C=O) groups excluding carboxylic acids is 1. The van der Waals surface area contributed by atoms with Crippen LogP contribution in [0.3, 0.4) is 0 Å². The average Bonchev–Trinajstić information content (AvgIpc) is 3.22. The van der Waals surface area contributed by atoms with E-state index in [-0.39, 0.29) is 18.2 Å². The Labute approximate surface area is 169 Å². The lowest BCUT2D eigenvalue weighted by Gasteiger charge is -2.23. The van der Waals surface area contributed by atoms with Crippen molar-refractivity contribution in [3.8, 4) is 22.8 Å². The number of amides is 1. The highest BCUT2D eigenvalue weighted by atomic mass is 16.6. The van der Waals surface area contributed by atoms with Gasteiger partial charge in [0.25, 0.3) is 0 Å². The maximum Gasteiger partial charge on any atom is 0.407 e. The number of fused-ring (bicyclic) bond motifs is 1. The Bertz CT molecular complexity index is 907. The van der Waals surface area contributed by atoms with Gasteiger partial charge in [-0.3, -0.25) is 10.1 Å². The molecule has 0 unspecified atom stereocenters. The zero-order chi connectivity index (χ0) is 20.8. The normalized spacial score (nSPS) is 25.2. The highest BCUT2D eigenvalue weighted by molar-refractivity contribution is 5.74. The van der Waals surface area contributed by atoms with E-state index in [1.54, 1.807) is 25.6 Å². The molecule has 4 N–H and O–H groups in total. The third-order valence-corrected chi connectivity index (χ3v) is 5.32. The zero-order valence-corrected chi connectivity index (χ0v) is 17.1. The van der Waals surface area contributed by atoms with Crippen LogP contribution in [-0.4, -0.2) is 46.1 Å². The Morgan fingerprint density at radius 2 is 2.00 bits per heavy atom. The van der Waals surface area contributed by atoms with Crippen molar-refractivity contribution in [3.05, 3.63) is 18.5 Å². The summed E-state index contributed by atoms with van der Waals surface area (Å²) in [4.78, 5) is 16.4. The molecule has 0 aliphatic heterocycles. The van der Waals surface area contributed by atoms with Crippen LogP contribution < -0.4 is 20.5 Å². The lowest BCUT2D eigenvalue weighted by Crippen LogP contribution is -2.40. The SMILES string of the molecule is COc1cncc(O[C@H]2C[C@H](NC(=O)OC(C)(C)C)[C@H]3C[C@H]32)c1-c1cc(N)n[nH]1. The fourth-order valence-electron chi connectivity index (χ4n) is 4.05. The van der Waals surface area contributed by atoms with Gasteiger partial charge in [0.2, 0.25) is 0 Å². The second-order valence-electron chi connectivity index (χ2n) is 8.63. The summed E-state index contributed by atoms with van der Waals surface area (Å²) in [5.74, 6) is 2.37. The molecule has 0 bridgehead atoms. The number of nitrogens with one attached hydrogen (secondary N) is 2. The van der Waals surface area contributed by atoms with Crippen molar-refractivity contribution in [2.24, 2.45) is 11.8 Å².